The van der Waals surface area contributed by atoms with Crippen molar-refractivity contribution >= 4 is 11.6 Å². The molecular weight excluding hydrogens is 262 g/mol. The first-order valence-electron chi connectivity index (χ1n) is 7.25. The zero-order valence-corrected chi connectivity index (χ0v) is 12.6. The minimum Gasteiger partial charge on any atom is -0.484 e. The van der Waals surface area contributed by atoms with E-state index >= 15 is 0 Å². The SMILES string of the molecule is CCCN(C(=O)COc1ccc(C)cc1)c1ccccc1. The third kappa shape index (κ3) is 4.35. The third-order valence-electron chi connectivity index (χ3n) is 3.20. The summed E-state index contributed by atoms with van der Waals surface area (Å²) >= 11 is 0. The van der Waals surface area contributed by atoms with Crippen LogP contribution >= 0.6 is 0 Å². The highest BCUT2D eigenvalue weighted by Gasteiger charge is 2.15. The highest BCUT2D eigenvalue weighted by atomic mass is 16.5. The Kier molecular flexibility index (Phi) is 5.38. The van der Waals surface area contributed by atoms with Gasteiger partial charge in [0.05, 0.1) is 0 Å². The first kappa shape index (κ1) is 15.1. The molecule has 0 heterocycles. The molecule has 0 N–H and O–H groups in total. The van der Waals surface area contributed by atoms with Crippen molar-refractivity contribution in [2.45, 2.75) is 20.3 Å². The van der Waals surface area contributed by atoms with Crippen LogP contribution in [-0.4, -0.2) is 19.1 Å². The minimum atomic E-state index is -0.0244. The smallest absolute Gasteiger partial charge is 0.264 e. The topological polar surface area (TPSA) is 29.5 Å². The van der Waals surface area contributed by atoms with Gasteiger partial charge < -0.3 is 9.64 Å². The maximum atomic E-state index is 12.4. The number of hydrogen-bond acceptors (Lipinski definition) is 2. The van der Waals surface area contributed by atoms with Crippen LogP contribution in [-0.2, 0) is 4.79 Å². The summed E-state index contributed by atoms with van der Waals surface area (Å²) in [5.74, 6) is 0.696. The van der Waals surface area contributed by atoms with Crippen LogP contribution in [0.25, 0.3) is 0 Å². The fraction of sp³-hybridized carbons (Fsp3) is 0.278. The average Bonchev–Trinajstić information content (AvgIpc) is 2.52. The zero-order chi connectivity index (χ0) is 15.1. The van der Waals surface area contributed by atoms with E-state index in [0.717, 1.165) is 17.9 Å². The number of benzene rings is 2. The second kappa shape index (κ2) is 7.48. The van der Waals surface area contributed by atoms with Gasteiger partial charge in [-0.1, -0.05) is 42.8 Å². The predicted molar refractivity (Wildman–Crippen MR) is 85.8 cm³/mol. The van der Waals surface area contributed by atoms with Crippen molar-refractivity contribution in [2.24, 2.45) is 0 Å². The fourth-order valence-corrected chi connectivity index (χ4v) is 2.09. The van der Waals surface area contributed by atoms with Crippen LogP contribution in [0.15, 0.2) is 54.6 Å². The summed E-state index contributed by atoms with van der Waals surface area (Å²) in [7, 11) is 0. The van der Waals surface area contributed by atoms with Crippen molar-refractivity contribution in [3.05, 3.63) is 60.2 Å². The lowest BCUT2D eigenvalue weighted by Gasteiger charge is -2.22. The van der Waals surface area contributed by atoms with Gasteiger partial charge in [0.15, 0.2) is 6.61 Å². The maximum Gasteiger partial charge on any atom is 0.264 e. The molecule has 0 saturated heterocycles. The molecule has 0 unspecified atom stereocenters. The number of rotatable bonds is 6. The second-order valence-electron chi connectivity index (χ2n) is 4.98. The van der Waals surface area contributed by atoms with E-state index < -0.39 is 0 Å². The van der Waals surface area contributed by atoms with E-state index in [2.05, 4.69) is 6.92 Å². The molecule has 0 fully saturated rings. The molecule has 21 heavy (non-hydrogen) atoms. The summed E-state index contributed by atoms with van der Waals surface area (Å²) < 4.78 is 5.58. The molecule has 0 aromatic heterocycles. The van der Waals surface area contributed by atoms with Gasteiger partial charge in [-0.05, 0) is 37.6 Å². The number of aryl methyl sites for hydroxylation is 1. The summed E-state index contributed by atoms with van der Waals surface area (Å²) in [5, 5.41) is 0. The van der Waals surface area contributed by atoms with Gasteiger partial charge in [-0.25, -0.2) is 0 Å². The Morgan fingerprint density at radius 2 is 1.71 bits per heavy atom. The van der Waals surface area contributed by atoms with Crippen molar-refractivity contribution in [1.82, 2.24) is 0 Å². The number of nitrogens with zero attached hydrogens (tertiary/aromatic N) is 1. The molecule has 1 amide bonds. The first-order valence-corrected chi connectivity index (χ1v) is 7.25. The molecule has 0 saturated carbocycles. The van der Waals surface area contributed by atoms with E-state index in [4.69, 9.17) is 4.74 Å². The van der Waals surface area contributed by atoms with Gasteiger partial charge in [-0.3, -0.25) is 4.79 Å². The molecule has 0 aliphatic heterocycles. The Morgan fingerprint density at radius 1 is 1.05 bits per heavy atom. The highest BCUT2D eigenvalue weighted by Crippen LogP contribution is 2.15. The molecule has 0 aliphatic carbocycles. The molecule has 3 heteroatoms. The molecule has 2 aromatic carbocycles. The van der Waals surface area contributed by atoms with Crippen molar-refractivity contribution in [3.63, 3.8) is 0 Å². The fourth-order valence-electron chi connectivity index (χ4n) is 2.09. The van der Waals surface area contributed by atoms with E-state index in [1.54, 1.807) is 4.90 Å². The molecule has 3 nitrogen and oxygen atoms in total. The van der Waals surface area contributed by atoms with E-state index in [9.17, 15) is 4.79 Å². The van der Waals surface area contributed by atoms with Gasteiger partial charge in [-0.2, -0.15) is 0 Å². The van der Waals surface area contributed by atoms with Crippen molar-refractivity contribution in [2.75, 3.05) is 18.1 Å². The largest absolute Gasteiger partial charge is 0.484 e. The summed E-state index contributed by atoms with van der Waals surface area (Å²) in [6.07, 6.45) is 0.908. The quantitative estimate of drug-likeness (QED) is 0.806. The minimum absolute atomic E-state index is 0.0244. The number of carbonyl (C=O) groups is 1. The Hall–Kier alpha value is -2.29. The molecule has 0 atom stereocenters. The van der Waals surface area contributed by atoms with Crippen LogP contribution in [0.2, 0.25) is 0 Å². The normalized spacial score (nSPS) is 10.2. The number of para-hydroxylation sites is 1. The van der Waals surface area contributed by atoms with Crippen LogP contribution < -0.4 is 9.64 Å². The second-order valence-corrected chi connectivity index (χ2v) is 4.98. The van der Waals surface area contributed by atoms with Crippen LogP contribution in [0.1, 0.15) is 18.9 Å². The number of carbonyl (C=O) groups excluding carboxylic acids is 1. The van der Waals surface area contributed by atoms with Crippen molar-refractivity contribution < 1.29 is 9.53 Å². The van der Waals surface area contributed by atoms with Gasteiger partial charge in [0.1, 0.15) is 5.75 Å². The standard InChI is InChI=1S/C18H21NO2/c1-3-13-19(16-7-5-4-6-8-16)18(20)14-21-17-11-9-15(2)10-12-17/h4-12H,3,13-14H2,1-2H3. The van der Waals surface area contributed by atoms with E-state index in [1.165, 1.54) is 5.56 Å². The Bertz CT molecular complexity index is 564. The van der Waals surface area contributed by atoms with Gasteiger partial charge in [0.2, 0.25) is 0 Å². The van der Waals surface area contributed by atoms with Gasteiger partial charge >= 0.3 is 0 Å². The summed E-state index contributed by atoms with van der Waals surface area (Å²) in [6.45, 7) is 4.83. The zero-order valence-electron chi connectivity index (χ0n) is 12.6. The molecule has 0 spiro atoms. The van der Waals surface area contributed by atoms with E-state index in [1.807, 2.05) is 61.5 Å². The lowest BCUT2D eigenvalue weighted by atomic mass is 10.2. The summed E-state index contributed by atoms with van der Waals surface area (Å²) in [6, 6.07) is 17.4. The predicted octanol–water partition coefficient (Wildman–Crippen LogP) is 3.82. The van der Waals surface area contributed by atoms with Gasteiger partial charge in [0.25, 0.3) is 5.91 Å². The van der Waals surface area contributed by atoms with Gasteiger partial charge in [0, 0.05) is 12.2 Å². The van der Waals surface area contributed by atoms with Crippen LogP contribution in [0.3, 0.4) is 0 Å². The van der Waals surface area contributed by atoms with Crippen LogP contribution in [0, 0.1) is 6.92 Å². The molecular formula is C18H21NO2. The monoisotopic (exact) mass is 283 g/mol. The molecule has 2 aromatic rings. The lowest BCUT2D eigenvalue weighted by molar-refractivity contribution is -0.120. The number of ether oxygens (including phenoxy) is 1. The molecule has 2 rings (SSSR count). The number of hydrogen-bond donors (Lipinski definition) is 0. The Morgan fingerprint density at radius 3 is 2.33 bits per heavy atom. The van der Waals surface area contributed by atoms with Gasteiger partial charge in [-0.15, -0.1) is 0 Å². The summed E-state index contributed by atoms with van der Waals surface area (Å²) in [5.41, 5.74) is 2.09. The molecule has 110 valence electrons. The van der Waals surface area contributed by atoms with E-state index in [0.29, 0.717) is 6.54 Å². The van der Waals surface area contributed by atoms with Crippen molar-refractivity contribution in [1.29, 1.82) is 0 Å². The lowest BCUT2D eigenvalue weighted by Crippen LogP contribution is -2.35. The number of amides is 1. The first-order chi connectivity index (χ1) is 10.2. The molecule has 0 bridgehead atoms. The summed E-state index contributed by atoms with van der Waals surface area (Å²) in [4.78, 5) is 14.1. The highest BCUT2D eigenvalue weighted by molar-refractivity contribution is 5.94. The number of anilines is 1. The van der Waals surface area contributed by atoms with Crippen LogP contribution in [0.5, 0.6) is 5.75 Å². The Labute approximate surface area is 126 Å². The van der Waals surface area contributed by atoms with Crippen LogP contribution in [0.4, 0.5) is 5.69 Å². The van der Waals surface area contributed by atoms with E-state index in [-0.39, 0.29) is 12.5 Å². The maximum absolute atomic E-state index is 12.4. The molecule has 0 aliphatic rings. The average molecular weight is 283 g/mol. The van der Waals surface area contributed by atoms with Crippen molar-refractivity contribution in [3.8, 4) is 5.75 Å². The third-order valence-corrected chi connectivity index (χ3v) is 3.20. The molecule has 0 radical (unpaired) electrons. The Balaban J connectivity index is 2.00.